The Morgan fingerprint density at radius 2 is 1.53 bits per heavy atom. The van der Waals surface area contributed by atoms with E-state index in [1.54, 1.807) is 65.8 Å². The van der Waals surface area contributed by atoms with Gasteiger partial charge in [-0.15, -0.1) is 0 Å². The monoisotopic (exact) mass is 535 g/mol. The summed E-state index contributed by atoms with van der Waals surface area (Å²) < 4.78 is 25.4. The Morgan fingerprint density at radius 3 is 2.06 bits per heavy atom. The Labute approximate surface area is 223 Å². The van der Waals surface area contributed by atoms with Gasteiger partial charge in [0, 0.05) is 5.02 Å². The van der Waals surface area contributed by atoms with E-state index in [4.69, 9.17) is 21.1 Å². The first-order valence-corrected chi connectivity index (χ1v) is 13.3. The highest BCUT2D eigenvalue weighted by Crippen LogP contribution is 2.26. The van der Waals surface area contributed by atoms with E-state index in [1.165, 1.54) is 0 Å². The smallest absolute Gasteiger partial charge is 0.355 e. The van der Waals surface area contributed by atoms with Crippen molar-refractivity contribution < 1.29 is 23.3 Å². The second-order valence-electron chi connectivity index (χ2n) is 9.66. The van der Waals surface area contributed by atoms with Crippen molar-refractivity contribution in [3.63, 3.8) is 0 Å². The highest BCUT2D eigenvalue weighted by molar-refractivity contribution is 7.87. The van der Waals surface area contributed by atoms with E-state index in [9.17, 15) is 13.8 Å². The third-order valence-electron chi connectivity index (χ3n) is 4.29. The summed E-state index contributed by atoms with van der Waals surface area (Å²) in [5.74, 6) is -1.40. The molecule has 0 radical (unpaired) electrons. The fraction of sp³-hybridized carbons (Fsp3) is 0.429. The number of rotatable bonds is 7. The first-order valence-electron chi connectivity index (χ1n) is 11.8. The predicted octanol–water partition coefficient (Wildman–Crippen LogP) is 6.76. The van der Waals surface area contributed by atoms with Gasteiger partial charge in [0.15, 0.2) is 11.0 Å². The number of ether oxygens (including phenoxy) is 2. The van der Waals surface area contributed by atoms with Crippen LogP contribution in [0.4, 0.5) is 0 Å². The molecule has 1 aliphatic rings. The molecule has 8 heteroatoms. The molecule has 198 valence electrons. The van der Waals surface area contributed by atoms with Crippen molar-refractivity contribution in [3.05, 3.63) is 76.3 Å². The first-order chi connectivity index (χ1) is 16.7. The quantitative estimate of drug-likeness (QED) is 0.285. The Morgan fingerprint density at radius 1 is 0.972 bits per heavy atom. The van der Waals surface area contributed by atoms with Gasteiger partial charge in [-0.05, 0) is 77.3 Å². The molecule has 0 saturated heterocycles. The van der Waals surface area contributed by atoms with Crippen LogP contribution in [0.5, 0.6) is 0 Å². The molecular weight excluding hydrogens is 498 g/mol. The van der Waals surface area contributed by atoms with Crippen molar-refractivity contribution in [2.75, 3.05) is 6.54 Å². The maximum atomic E-state index is 13.6. The minimum Gasteiger partial charge on any atom is -0.459 e. The lowest BCUT2D eigenvalue weighted by molar-refractivity contribution is -0.155. The minimum absolute atomic E-state index is 0.191. The summed E-state index contributed by atoms with van der Waals surface area (Å²) in [6.07, 6.45) is 7.81. The second-order valence-corrected chi connectivity index (χ2v) is 11.5. The Bertz CT molecular complexity index is 1060. The zero-order valence-corrected chi connectivity index (χ0v) is 24.1. The molecule has 1 aliphatic carbocycles. The van der Waals surface area contributed by atoms with Crippen LogP contribution in [0.15, 0.2) is 65.8 Å². The SMILES string of the molecule is C=C(C(=O)OC(C)(C)C)N(CC(=O)OC(C)(C)C)S(=O)C1=CCC=C(c2ccc(Cl)cc2)C=C1.CC. The molecule has 36 heavy (non-hydrogen) atoms. The van der Waals surface area contributed by atoms with Crippen LogP contribution in [0.2, 0.25) is 5.02 Å². The molecule has 0 N–H and O–H groups in total. The number of esters is 2. The third kappa shape index (κ3) is 10.5. The first kappa shape index (κ1) is 31.4. The molecule has 0 spiro atoms. The van der Waals surface area contributed by atoms with Crippen LogP contribution in [0.25, 0.3) is 5.57 Å². The lowest BCUT2D eigenvalue weighted by atomic mass is 10.1. The van der Waals surface area contributed by atoms with Gasteiger partial charge in [-0.25, -0.2) is 9.00 Å². The molecule has 1 atom stereocenters. The van der Waals surface area contributed by atoms with Crippen LogP contribution < -0.4 is 0 Å². The average Bonchev–Trinajstić information content (AvgIpc) is 3.02. The molecule has 0 bridgehead atoms. The number of carbonyl (C=O) groups excluding carboxylic acids is 2. The van der Waals surface area contributed by atoms with E-state index in [2.05, 4.69) is 6.58 Å². The number of allylic oxidation sites excluding steroid dienone is 5. The zero-order chi connectivity index (χ0) is 27.7. The summed E-state index contributed by atoms with van der Waals surface area (Å²) in [7, 11) is -1.91. The van der Waals surface area contributed by atoms with Gasteiger partial charge in [-0.3, -0.25) is 9.10 Å². The summed E-state index contributed by atoms with van der Waals surface area (Å²) >= 11 is 5.98. The molecule has 1 aromatic carbocycles. The molecule has 0 heterocycles. The predicted molar refractivity (Wildman–Crippen MR) is 148 cm³/mol. The van der Waals surface area contributed by atoms with Crippen LogP contribution >= 0.6 is 11.6 Å². The summed E-state index contributed by atoms with van der Waals surface area (Å²) in [6, 6.07) is 7.41. The zero-order valence-electron chi connectivity index (χ0n) is 22.5. The maximum absolute atomic E-state index is 13.6. The summed E-state index contributed by atoms with van der Waals surface area (Å²) in [4.78, 5) is 25.7. The van der Waals surface area contributed by atoms with E-state index in [-0.39, 0.29) is 5.70 Å². The largest absolute Gasteiger partial charge is 0.459 e. The normalized spacial score (nSPS) is 14.2. The second kappa shape index (κ2) is 13.6. The molecule has 0 aliphatic heterocycles. The Kier molecular flexibility index (Phi) is 11.9. The fourth-order valence-electron chi connectivity index (χ4n) is 2.91. The van der Waals surface area contributed by atoms with Gasteiger partial charge >= 0.3 is 11.9 Å². The van der Waals surface area contributed by atoms with Gasteiger partial charge in [0.2, 0.25) is 0 Å². The maximum Gasteiger partial charge on any atom is 0.355 e. The number of halogens is 1. The van der Waals surface area contributed by atoms with Crippen molar-refractivity contribution in [1.29, 1.82) is 0 Å². The van der Waals surface area contributed by atoms with Gasteiger partial charge in [0.05, 0.1) is 4.91 Å². The van der Waals surface area contributed by atoms with E-state index < -0.39 is 40.7 Å². The Balaban J connectivity index is 0.00000316. The molecule has 0 fully saturated rings. The third-order valence-corrected chi connectivity index (χ3v) is 6.00. The van der Waals surface area contributed by atoms with Crippen molar-refractivity contribution >= 4 is 40.1 Å². The molecule has 1 aromatic rings. The summed E-state index contributed by atoms with van der Waals surface area (Å²) in [5.41, 5.74) is 0.187. The van der Waals surface area contributed by atoms with Crippen LogP contribution in [-0.4, -0.2) is 38.2 Å². The average molecular weight is 536 g/mol. The number of carbonyl (C=O) groups is 2. The van der Waals surface area contributed by atoms with Crippen LogP contribution in [0.3, 0.4) is 0 Å². The van der Waals surface area contributed by atoms with Crippen LogP contribution in [0, 0.1) is 0 Å². The standard InChI is InChI=1S/C26H32ClNO5S.C2H6/c1-18(24(30)33-26(5,6)7)28(17-23(29)32-25(2,3)4)34(31)22-10-8-9-19(13-16-22)20-11-14-21(27)15-12-20;1-2/h9-16H,1,8,17H2,2-7H3;1-2H3. The summed E-state index contributed by atoms with van der Waals surface area (Å²) in [5, 5.41) is 0.639. The number of hydrogen-bond donors (Lipinski definition) is 0. The molecule has 0 aromatic heterocycles. The fourth-order valence-corrected chi connectivity index (χ4v) is 4.21. The van der Waals surface area contributed by atoms with Gasteiger partial charge < -0.3 is 9.47 Å². The molecular formula is C28H38ClNO5S. The van der Waals surface area contributed by atoms with Crippen molar-refractivity contribution in [2.45, 2.75) is 73.0 Å². The molecule has 1 unspecified atom stereocenters. The van der Waals surface area contributed by atoms with E-state index in [1.807, 2.05) is 38.1 Å². The van der Waals surface area contributed by atoms with Gasteiger partial charge in [0.25, 0.3) is 0 Å². The highest BCUT2D eigenvalue weighted by Gasteiger charge is 2.30. The van der Waals surface area contributed by atoms with Crippen molar-refractivity contribution in [3.8, 4) is 0 Å². The lowest BCUT2D eigenvalue weighted by Gasteiger charge is -2.28. The van der Waals surface area contributed by atoms with E-state index in [0.29, 0.717) is 16.3 Å². The highest BCUT2D eigenvalue weighted by atomic mass is 35.5. The van der Waals surface area contributed by atoms with Crippen LogP contribution in [-0.2, 0) is 30.0 Å². The van der Waals surface area contributed by atoms with Crippen LogP contribution in [0.1, 0.15) is 67.4 Å². The van der Waals surface area contributed by atoms with Gasteiger partial charge in [-0.1, -0.05) is 62.4 Å². The number of benzene rings is 1. The van der Waals surface area contributed by atoms with Gasteiger partial charge in [-0.2, -0.15) is 0 Å². The van der Waals surface area contributed by atoms with E-state index in [0.717, 1.165) is 15.4 Å². The minimum atomic E-state index is -1.91. The topological polar surface area (TPSA) is 72.9 Å². The summed E-state index contributed by atoms with van der Waals surface area (Å²) in [6.45, 7) is 17.7. The van der Waals surface area contributed by atoms with Crippen molar-refractivity contribution in [1.82, 2.24) is 4.31 Å². The van der Waals surface area contributed by atoms with Crippen molar-refractivity contribution in [2.24, 2.45) is 0 Å². The molecule has 0 saturated carbocycles. The Hall–Kier alpha value is -2.64. The molecule has 0 amide bonds. The molecule has 2 rings (SSSR count). The van der Waals surface area contributed by atoms with E-state index >= 15 is 0 Å². The number of nitrogens with zero attached hydrogens (tertiary/aromatic N) is 1. The number of hydrogen-bond acceptors (Lipinski definition) is 5. The lowest BCUT2D eigenvalue weighted by Crippen LogP contribution is -2.39. The van der Waals surface area contributed by atoms with Gasteiger partial charge in [0.1, 0.15) is 23.4 Å². The molecule has 6 nitrogen and oxygen atoms in total.